The molecule has 0 aliphatic carbocycles. The predicted molar refractivity (Wildman–Crippen MR) is 62.5 cm³/mol. The standard InChI is InChI=1S/C12H17NO5/c1-9-3-4-10(14)13(9)7-8-18-12(16)6-5-11(15)17-2/h5-6,9H,3-4,7-8H2,1-2H3/b6-5+. The summed E-state index contributed by atoms with van der Waals surface area (Å²) in [6.45, 7) is 2.47. The fraction of sp³-hybridized carbons (Fsp3) is 0.583. The summed E-state index contributed by atoms with van der Waals surface area (Å²) in [5.74, 6) is -1.15. The van der Waals surface area contributed by atoms with Crippen molar-refractivity contribution >= 4 is 17.8 Å². The largest absolute Gasteiger partial charge is 0.466 e. The summed E-state index contributed by atoms with van der Waals surface area (Å²) in [6.07, 6.45) is 3.39. The molecule has 1 heterocycles. The first-order chi connectivity index (χ1) is 8.54. The molecular weight excluding hydrogens is 238 g/mol. The molecule has 1 unspecified atom stereocenters. The molecule has 0 aromatic carbocycles. The maximum absolute atomic E-state index is 11.4. The average Bonchev–Trinajstić information content (AvgIpc) is 2.67. The van der Waals surface area contributed by atoms with E-state index >= 15 is 0 Å². The van der Waals surface area contributed by atoms with Gasteiger partial charge in [0.05, 0.1) is 13.7 Å². The van der Waals surface area contributed by atoms with Crippen LogP contribution in [0.2, 0.25) is 0 Å². The monoisotopic (exact) mass is 255 g/mol. The molecule has 6 heteroatoms. The van der Waals surface area contributed by atoms with Gasteiger partial charge in [0.2, 0.25) is 5.91 Å². The maximum atomic E-state index is 11.4. The summed E-state index contributed by atoms with van der Waals surface area (Å²) >= 11 is 0. The van der Waals surface area contributed by atoms with Gasteiger partial charge in [-0.15, -0.1) is 0 Å². The summed E-state index contributed by atoms with van der Waals surface area (Å²) in [6, 6.07) is 0.196. The molecule has 0 aromatic rings. The van der Waals surface area contributed by atoms with E-state index in [0.29, 0.717) is 13.0 Å². The maximum Gasteiger partial charge on any atom is 0.331 e. The second-order valence-electron chi connectivity index (χ2n) is 4.00. The van der Waals surface area contributed by atoms with Crippen molar-refractivity contribution in [2.45, 2.75) is 25.8 Å². The van der Waals surface area contributed by atoms with Crippen LogP contribution in [0.5, 0.6) is 0 Å². The zero-order valence-electron chi connectivity index (χ0n) is 10.5. The van der Waals surface area contributed by atoms with Crippen LogP contribution in [0.4, 0.5) is 0 Å². The van der Waals surface area contributed by atoms with Crippen LogP contribution in [0.3, 0.4) is 0 Å². The summed E-state index contributed by atoms with van der Waals surface area (Å²) < 4.78 is 9.20. The molecule has 1 rings (SSSR count). The Hall–Kier alpha value is -1.85. The van der Waals surface area contributed by atoms with Crippen molar-refractivity contribution in [2.75, 3.05) is 20.3 Å². The molecule has 0 saturated carbocycles. The lowest BCUT2D eigenvalue weighted by Gasteiger charge is -2.20. The second kappa shape index (κ2) is 6.78. The van der Waals surface area contributed by atoms with E-state index in [-0.39, 0.29) is 18.6 Å². The number of nitrogens with zero attached hydrogens (tertiary/aromatic N) is 1. The molecule has 1 amide bonds. The van der Waals surface area contributed by atoms with Crippen LogP contribution >= 0.6 is 0 Å². The van der Waals surface area contributed by atoms with E-state index in [1.54, 1.807) is 4.90 Å². The van der Waals surface area contributed by atoms with Crippen LogP contribution in [-0.4, -0.2) is 49.0 Å². The normalized spacial score (nSPS) is 19.3. The van der Waals surface area contributed by atoms with Gasteiger partial charge in [0.25, 0.3) is 0 Å². The number of hydrogen-bond acceptors (Lipinski definition) is 5. The lowest BCUT2D eigenvalue weighted by molar-refractivity contribution is -0.141. The molecule has 0 bridgehead atoms. The fourth-order valence-electron chi connectivity index (χ4n) is 1.72. The molecule has 100 valence electrons. The second-order valence-corrected chi connectivity index (χ2v) is 4.00. The molecule has 1 atom stereocenters. The molecule has 1 aliphatic rings. The highest BCUT2D eigenvalue weighted by atomic mass is 16.5. The Morgan fingerprint density at radius 1 is 1.39 bits per heavy atom. The van der Waals surface area contributed by atoms with E-state index in [1.807, 2.05) is 6.92 Å². The molecule has 1 fully saturated rings. The van der Waals surface area contributed by atoms with Gasteiger partial charge in [0.1, 0.15) is 6.61 Å². The van der Waals surface area contributed by atoms with E-state index < -0.39 is 11.9 Å². The van der Waals surface area contributed by atoms with Gasteiger partial charge in [0.15, 0.2) is 0 Å². The number of carbonyl (C=O) groups is 3. The third kappa shape index (κ3) is 4.20. The summed E-state index contributed by atoms with van der Waals surface area (Å²) in [4.78, 5) is 35.0. The third-order valence-electron chi connectivity index (χ3n) is 2.76. The van der Waals surface area contributed by atoms with Gasteiger partial charge in [-0.3, -0.25) is 4.79 Å². The zero-order valence-corrected chi connectivity index (χ0v) is 10.5. The van der Waals surface area contributed by atoms with Crippen molar-refractivity contribution in [2.24, 2.45) is 0 Å². The zero-order chi connectivity index (χ0) is 13.5. The lowest BCUT2D eigenvalue weighted by atomic mass is 10.2. The Balaban J connectivity index is 2.25. The van der Waals surface area contributed by atoms with Crippen molar-refractivity contribution < 1.29 is 23.9 Å². The van der Waals surface area contributed by atoms with Crippen LogP contribution in [0.25, 0.3) is 0 Å². The molecular formula is C12H17NO5. The topological polar surface area (TPSA) is 72.9 Å². The van der Waals surface area contributed by atoms with Crippen molar-refractivity contribution in [3.05, 3.63) is 12.2 Å². The summed E-state index contributed by atoms with van der Waals surface area (Å²) in [7, 11) is 1.22. The third-order valence-corrected chi connectivity index (χ3v) is 2.76. The van der Waals surface area contributed by atoms with Crippen LogP contribution in [-0.2, 0) is 23.9 Å². The smallest absolute Gasteiger partial charge is 0.331 e. The van der Waals surface area contributed by atoms with E-state index in [4.69, 9.17) is 4.74 Å². The Kier molecular flexibility index (Phi) is 5.35. The van der Waals surface area contributed by atoms with Gasteiger partial charge >= 0.3 is 11.9 Å². The molecule has 18 heavy (non-hydrogen) atoms. The van der Waals surface area contributed by atoms with Gasteiger partial charge in [0, 0.05) is 24.6 Å². The van der Waals surface area contributed by atoms with Crippen LogP contribution in [0.1, 0.15) is 19.8 Å². The number of amides is 1. The van der Waals surface area contributed by atoms with E-state index in [1.165, 1.54) is 7.11 Å². The van der Waals surface area contributed by atoms with E-state index in [2.05, 4.69) is 4.74 Å². The van der Waals surface area contributed by atoms with Crippen molar-refractivity contribution in [1.29, 1.82) is 0 Å². The number of hydrogen-bond donors (Lipinski definition) is 0. The number of carbonyl (C=O) groups excluding carboxylic acids is 3. The van der Waals surface area contributed by atoms with Gasteiger partial charge in [-0.1, -0.05) is 0 Å². The minimum atomic E-state index is -0.625. The molecule has 0 spiro atoms. The highest BCUT2D eigenvalue weighted by Crippen LogP contribution is 2.17. The minimum absolute atomic E-state index is 0.0867. The number of ether oxygens (including phenoxy) is 2. The lowest BCUT2D eigenvalue weighted by Crippen LogP contribution is -2.34. The highest BCUT2D eigenvalue weighted by molar-refractivity contribution is 5.91. The number of esters is 2. The number of methoxy groups -OCH3 is 1. The van der Waals surface area contributed by atoms with Gasteiger partial charge < -0.3 is 14.4 Å². The first kappa shape index (κ1) is 14.2. The first-order valence-electron chi connectivity index (χ1n) is 5.77. The molecule has 1 aliphatic heterocycles. The summed E-state index contributed by atoms with van der Waals surface area (Å²) in [5, 5.41) is 0. The Morgan fingerprint density at radius 3 is 2.61 bits per heavy atom. The van der Waals surface area contributed by atoms with E-state index in [9.17, 15) is 14.4 Å². The minimum Gasteiger partial charge on any atom is -0.466 e. The van der Waals surface area contributed by atoms with Gasteiger partial charge in [-0.2, -0.15) is 0 Å². The first-order valence-corrected chi connectivity index (χ1v) is 5.77. The highest BCUT2D eigenvalue weighted by Gasteiger charge is 2.26. The van der Waals surface area contributed by atoms with Crippen LogP contribution in [0.15, 0.2) is 12.2 Å². The Labute approximate surface area is 106 Å². The van der Waals surface area contributed by atoms with E-state index in [0.717, 1.165) is 18.6 Å². The molecule has 0 N–H and O–H groups in total. The van der Waals surface area contributed by atoms with Crippen LogP contribution in [0, 0.1) is 0 Å². The SMILES string of the molecule is COC(=O)/C=C/C(=O)OCCN1C(=O)CCC1C. The fourth-order valence-corrected chi connectivity index (χ4v) is 1.72. The number of likely N-dealkylation sites (tertiary alicyclic amines) is 1. The average molecular weight is 255 g/mol. The molecule has 1 saturated heterocycles. The quantitative estimate of drug-likeness (QED) is 0.521. The molecule has 0 aromatic heterocycles. The predicted octanol–water partition coefficient (Wildman–Crippen LogP) is 0.270. The van der Waals surface area contributed by atoms with Crippen LogP contribution < -0.4 is 0 Å². The van der Waals surface area contributed by atoms with Crippen molar-refractivity contribution in [1.82, 2.24) is 4.90 Å². The Morgan fingerprint density at radius 2 is 2.06 bits per heavy atom. The van der Waals surface area contributed by atoms with Crippen molar-refractivity contribution in [3.8, 4) is 0 Å². The summed E-state index contributed by atoms with van der Waals surface area (Å²) in [5.41, 5.74) is 0. The molecule has 6 nitrogen and oxygen atoms in total. The van der Waals surface area contributed by atoms with Gasteiger partial charge in [-0.25, -0.2) is 9.59 Å². The molecule has 0 radical (unpaired) electrons. The van der Waals surface area contributed by atoms with Crippen molar-refractivity contribution in [3.63, 3.8) is 0 Å². The Bertz CT molecular complexity index is 363. The number of rotatable bonds is 5. The van der Waals surface area contributed by atoms with Gasteiger partial charge in [-0.05, 0) is 13.3 Å².